The number of amides is 1. The van der Waals surface area contributed by atoms with E-state index in [0.717, 1.165) is 0 Å². The molecule has 1 aromatic rings. The van der Waals surface area contributed by atoms with E-state index in [0.29, 0.717) is 37.1 Å². The van der Waals surface area contributed by atoms with Gasteiger partial charge in [0.25, 0.3) is 0 Å². The Morgan fingerprint density at radius 2 is 2.08 bits per heavy atom. The Morgan fingerprint density at radius 1 is 1.36 bits per heavy atom. The molecule has 0 unspecified atom stereocenters. The van der Waals surface area contributed by atoms with E-state index in [-0.39, 0.29) is 0 Å². The molecule has 2 N–H and O–H groups in total. The van der Waals surface area contributed by atoms with Crippen LogP contribution in [0, 0.1) is 0 Å². The quantitative estimate of drug-likeness (QED) is 0.720. The van der Waals surface area contributed by atoms with Crippen LogP contribution in [0.4, 0.5) is 0 Å². The zero-order valence-corrected chi connectivity index (χ0v) is 14.8. The monoisotopic (exact) mass is 366 g/mol. The Balaban J connectivity index is 1.96. The van der Waals surface area contributed by atoms with E-state index in [2.05, 4.69) is 5.32 Å². The molecule has 1 saturated heterocycles. The number of hydrogen-bond donors (Lipinski definition) is 2. The highest BCUT2D eigenvalue weighted by molar-refractivity contribution is 7.98. The third-order valence-corrected chi connectivity index (χ3v) is 4.59. The first-order valence-corrected chi connectivity index (χ1v) is 9.48. The van der Waals surface area contributed by atoms with E-state index >= 15 is 0 Å². The topological polar surface area (TPSA) is 95.9 Å². The lowest BCUT2D eigenvalue weighted by atomic mass is 10.1. The molecule has 1 aromatic carbocycles. The van der Waals surface area contributed by atoms with Gasteiger partial charge in [0, 0.05) is 6.54 Å². The number of benzene rings is 1. The number of carboxylic acid groups (broad SMARTS) is 1. The van der Waals surface area contributed by atoms with Gasteiger partial charge in [0.15, 0.2) is 0 Å². The average Bonchev–Trinajstić information content (AvgIpc) is 3.07. The van der Waals surface area contributed by atoms with Crippen molar-refractivity contribution >= 4 is 29.6 Å². The molecule has 1 heterocycles. The molecule has 0 bridgehead atoms. The minimum Gasteiger partial charge on any atom is -0.480 e. The summed E-state index contributed by atoms with van der Waals surface area (Å²) < 4.78 is 0. The highest BCUT2D eigenvalue weighted by Crippen LogP contribution is 2.19. The molecule has 1 aliphatic heterocycles. The fourth-order valence-electron chi connectivity index (χ4n) is 2.61. The number of nitrogens with one attached hydrogen (secondary N) is 1. The van der Waals surface area contributed by atoms with E-state index in [4.69, 9.17) is 4.84 Å². The molecule has 0 spiro atoms. The first kappa shape index (κ1) is 19.3. The molecular formula is C17H22N2O5S. The van der Waals surface area contributed by atoms with Crippen LogP contribution in [0.5, 0.6) is 0 Å². The number of rotatable bonds is 8. The Bertz CT molecular complexity index is 610. The summed E-state index contributed by atoms with van der Waals surface area (Å²) in [4.78, 5) is 41.2. The van der Waals surface area contributed by atoms with Crippen molar-refractivity contribution in [2.24, 2.45) is 0 Å². The van der Waals surface area contributed by atoms with Crippen molar-refractivity contribution < 1.29 is 24.3 Å². The number of nitrogens with zero attached hydrogens (tertiary/aromatic N) is 1. The molecule has 0 aromatic heterocycles. The molecule has 0 saturated carbocycles. The minimum atomic E-state index is -1.06. The van der Waals surface area contributed by atoms with Crippen LogP contribution in [0.3, 0.4) is 0 Å². The number of carbonyl (C=O) groups is 3. The predicted molar refractivity (Wildman–Crippen MR) is 94.2 cm³/mol. The van der Waals surface area contributed by atoms with Gasteiger partial charge in [-0.25, -0.2) is 9.59 Å². The molecule has 2 atom stereocenters. The SMILES string of the molecule is CSCC[C@H](NC(=O)[C@@H]1CCCN1OC(=O)c1ccccc1)C(=O)O. The van der Waals surface area contributed by atoms with Crippen molar-refractivity contribution in [1.82, 2.24) is 10.4 Å². The number of hydroxylamine groups is 2. The summed E-state index contributed by atoms with van der Waals surface area (Å²) in [5.41, 5.74) is 0.400. The van der Waals surface area contributed by atoms with Crippen molar-refractivity contribution in [3.63, 3.8) is 0 Å². The summed E-state index contributed by atoms with van der Waals surface area (Å²) >= 11 is 1.52. The Kier molecular flexibility index (Phi) is 7.27. The molecular weight excluding hydrogens is 344 g/mol. The molecule has 136 valence electrons. The summed E-state index contributed by atoms with van der Waals surface area (Å²) in [6.07, 6.45) is 3.44. The van der Waals surface area contributed by atoms with Crippen LogP contribution in [0.1, 0.15) is 29.6 Å². The molecule has 0 radical (unpaired) electrons. The second-order valence-corrected chi connectivity index (χ2v) is 6.71. The maximum atomic E-state index is 12.4. The van der Waals surface area contributed by atoms with Crippen molar-refractivity contribution in [3.8, 4) is 0 Å². The molecule has 7 nitrogen and oxygen atoms in total. The number of aliphatic carboxylic acids is 1. The van der Waals surface area contributed by atoms with E-state index in [9.17, 15) is 19.5 Å². The molecule has 0 aliphatic carbocycles. The van der Waals surface area contributed by atoms with Crippen LogP contribution in [-0.4, -0.2) is 58.7 Å². The molecule has 1 aliphatic rings. The van der Waals surface area contributed by atoms with Crippen LogP contribution in [-0.2, 0) is 14.4 Å². The van der Waals surface area contributed by atoms with Gasteiger partial charge in [0.1, 0.15) is 12.1 Å². The largest absolute Gasteiger partial charge is 0.480 e. The fourth-order valence-corrected chi connectivity index (χ4v) is 3.08. The van der Waals surface area contributed by atoms with Crippen LogP contribution < -0.4 is 5.32 Å². The maximum absolute atomic E-state index is 12.4. The van der Waals surface area contributed by atoms with E-state index in [1.807, 2.05) is 6.26 Å². The summed E-state index contributed by atoms with van der Waals surface area (Å²) in [5.74, 6) is -1.38. The van der Waals surface area contributed by atoms with Gasteiger partial charge >= 0.3 is 11.9 Å². The number of carboxylic acids is 1. The summed E-state index contributed by atoms with van der Waals surface area (Å²) in [5, 5.41) is 13.1. The van der Waals surface area contributed by atoms with Crippen LogP contribution >= 0.6 is 11.8 Å². The fraction of sp³-hybridized carbons (Fsp3) is 0.471. The van der Waals surface area contributed by atoms with E-state index < -0.39 is 29.9 Å². The lowest BCUT2D eigenvalue weighted by Gasteiger charge is -2.24. The number of carbonyl (C=O) groups excluding carboxylic acids is 2. The standard InChI is InChI=1S/C17H22N2O5S/c1-25-11-9-13(16(21)22)18-15(20)14-8-5-10-19(14)24-17(23)12-6-3-2-4-7-12/h2-4,6-7,13-14H,5,8-11H2,1H3,(H,18,20)(H,21,22)/t13-,14-/m0/s1. The smallest absolute Gasteiger partial charge is 0.357 e. The zero-order chi connectivity index (χ0) is 18.2. The van der Waals surface area contributed by atoms with E-state index in [1.165, 1.54) is 16.8 Å². The zero-order valence-electron chi connectivity index (χ0n) is 14.0. The van der Waals surface area contributed by atoms with Crippen LogP contribution in [0.25, 0.3) is 0 Å². The van der Waals surface area contributed by atoms with Crippen LogP contribution in [0.15, 0.2) is 30.3 Å². The third-order valence-electron chi connectivity index (χ3n) is 3.94. The van der Waals surface area contributed by atoms with Gasteiger partial charge in [0.2, 0.25) is 5.91 Å². The van der Waals surface area contributed by atoms with Crippen molar-refractivity contribution in [3.05, 3.63) is 35.9 Å². The van der Waals surface area contributed by atoms with Gasteiger partial charge in [0.05, 0.1) is 5.56 Å². The molecule has 1 amide bonds. The van der Waals surface area contributed by atoms with Gasteiger partial charge in [-0.2, -0.15) is 11.8 Å². The van der Waals surface area contributed by atoms with Crippen LogP contribution in [0.2, 0.25) is 0 Å². The van der Waals surface area contributed by atoms with Gasteiger partial charge in [-0.1, -0.05) is 18.2 Å². The molecule has 8 heteroatoms. The Hall–Kier alpha value is -2.06. The first-order chi connectivity index (χ1) is 12.0. The van der Waals surface area contributed by atoms with Crippen molar-refractivity contribution in [2.45, 2.75) is 31.3 Å². The highest BCUT2D eigenvalue weighted by Gasteiger charge is 2.35. The number of thioether (sulfide) groups is 1. The molecule has 2 rings (SSSR count). The third kappa shape index (κ3) is 5.47. The first-order valence-electron chi connectivity index (χ1n) is 8.09. The minimum absolute atomic E-state index is 0.346. The average molecular weight is 366 g/mol. The van der Waals surface area contributed by atoms with Crippen molar-refractivity contribution in [1.29, 1.82) is 0 Å². The van der Waals surface area contributed by atoms with Gasteiger partial charge in [-0.15, -0.1) is 5.06 Å². The Morgan fingerprint density at radius 3 is 2.72 bits per heavy atom. The molecule has 1 fully saturated rings. The highest BCUT2D eigenvalue weighted by atomic mass is 32.2. The second-order valence-electron chi connectivity index (χ2n) is 5.72. The maximum Gasteiger partial charge on any atom is 0.357 e. The predicted octanol–water partition coefficient (Wildman–Crippen LogP) is 1.55. The normalized spacial score (nSPS) is 18.5. The summed E-state index contributed by atoms with van der Waals surface area (Å²) in [6, 6.07) is 6.93. The van der Waals surface area contributed by atoms with Gasteiger partial charge < -0.3 is 15.3 Å². The van der Waals surface area contributed by atoms with E-state index in [1.54, 1.807) is 30.3 Å². The summed E-state index contributed by atoms with van der Waals surface area (Å²) in [7, 11) is 0. The Labute approximate surface area is 150 Å². The van der Waals surface area contributed by atoms with Crippen molar-refractivity contribution in [2.75, 3.05) is 18.6 Å². The van der Waals surface area contributed by atoms with Gasteiger partial charge in [-0.3, -0.25) is 4.79 Å². The lowest BCUT2D eigenvalue weighted by Crippen LogP contribution is -2.50. The number of hydrogen-bond acceptors (Lipinski definition) is 6. The second kappa shape index (κ2) is 9.43. The molecule has 25 heavy (non-hydrogen) atoms. The lowest BCUT2D eigenvalue weighted by molar-refractivity contribution is -0.152. The summed E-state index contributed by atoms with van der Waals surface area (Å²) in [6.45, 7) is 0.444. The van der Waals surface area contributed by atoms with Gasteiger partial charge in [-0.05, 0) is 43.4 Å².